The van der Waals surface area contributed by atoms with Crippen molar-refractivity contribution < 1.29 is 0 Å². The zero-order valence-corrected chi connectivity index (χ0v) is 13.9. The van der Waals surface area contributed by atoms with E-state index in [4.69, 9.17) is 11.6 Å². The highest BCUT2D eigenvalue weighted by atomic mass is 35.5. The fourth-order valence-corrected chi connectivity index (χ4v) is 2.86. The number of thioether (sulfide) groups is 1. The largest absolute Gasteiger partial charge is 0.365 e. The standard InChI is InChI=1S/C17H15ClN4S/c18-15-7-6-14(8-20-15)9-21-16-10-19-11-17(22-16)23-12-13-4-2-1-3-5-13/h1-8,10-11H,9,12H2,(H,21,22). The molecule has 0 amide bonds. The molecule has 0 aliphatic heterocycles. The minimum Gasteiger partial charge on any atom is -0.365 e. The van der Waals surface area contributed by atoms with Crippen LogP contribution in [0.3, 0.4) is 0 Å². The molecule has 0 spiro atoms. The molecule has 3 aromatic rings. The van der Waals surface area contributed by atoms with Gasteiger partial charge in [0.15, 0.2) is 0 Å². The topological polar surface area (TPSA) is 50.7 Å². The van der Waals surface area contributed by atoms with E-state index >= 15 is 0 Å². The summed E-state index contributed by atoms with van der Waals surface area (Å²) in [7, 11) is 0. The summed E-state index contributed by atoms with van der Waals surface area (Å²) in [5.74, 6) is 1.62. The predicted octanol–water partition coefficient (Wildman–Crippen LogP) is 4.43. The number of hydrogen-bond donors (Lipinski definition) is 1. The van der Waals surface area contributed by atoms with Crippen molar-refractivity contribution in [3.63, 3.8) is 0 Å². The number of halogens is 1. The lowest BCUT2D eigenvalue weighted by molar-refractivity contribution is 1.01. The highest BCUT2D eigenvalue weighted by Crippen LogP contribution is 2.21. The molecular weight excluding hydrogens is 328 g/mol. The number of hydrogen-bond acceptors (Lipinski definition) is 5. The molecule has 0 bridgehead atoms. The van der Waals surface area contributed by atoms with Crippen molar-refractivity contribution in [1.82, 2.24) is 15.0 Å². The Hall–Kier alpha value is -2.11. The lowest BCUT2D eigenvalue weighted by Gasteiger charge is -2.07. The summed E-state index contributed by atoms with van der Waals surface area (Å²) >= 11 is 7.45. The Bertz CT molecular complexity index is 750. The SMILES string of the molecule is Clc1ccc(CNc2cncc(SCc3ccccc3)n2)cn1. The van der Waals surface area contributed by atoms with Gasteiger partial charge in [0.25, 0.3) is 0 Å². The second-order valence-corrected chi connectivity index (χ2v) is 6.24. The molecule has 0 fully saturated rings. The molecule has 2 heterocycles. The fourth-order valence-electron chi connectivity index (χ4n) is 1.94. The van der Waals surface area contributed by atoms with Crippen LogP contribution in [-0.2, 0) is 12.3 Å². The highest BCUT2D eigenvalue weighted by molar-refractivity contribution is 7.98. The summed E-state index contributed by atoms with van der Waals surface area (Å²) < 4.78 is 0. The van der Waals surface area contributed by atoms with Crippen LogP contribution < -0.4 is 5.32 Å². The van der Waals surface area contributed by atoms with Crippen LogP contribution in [0.15, 0.2) is 66.1 Å². The van der Waals surface area contributed by atoms with Gasteiger partial charge in [-0.25, -0.2) is 9.97 Å². The van der Waals surface area contributed by atoms with Crippen LogP contribution in [0.5, 0.6) is 0 Å². The van der Waals surface area contributed by atoms with Crippen molar-refractivity contribution in [3.05, 3.63) is 77.3 Å². The number of nitrogens with one attached hydrogen (secondary N) is 1. The van der Waals surface area contributed by atoms with Crippen molar-refractivity contribution in [2.45, 2.75) is 17.3 Å². The lowest BCUT2D eigenvalue weighted by atomic mass is 10.2. The van der Waals surface area contributed by atoms with Gasteiger partial charge in [0.1, 0.15) is 16.0 Å². The van der Waals surface area contributed by atoms with E-state index in [1.165, 1.54) is 5.56 Å². The molecule has 2 aromatic heterocycles. The first-order chi connectivity index (χ1) is 11.3. The van der Waals surface area contributed by atoms with Gasteiger partial charge in [-0.3, -0.25) is 4.98 Å². The number of aromatic nitrogens is 3. The molecular formula is C17H15ClN4S. The van der Waals surface area contributed by atoms with E-state index in [1.807, 2.05) is 24.3 Å². The van der Waals surface area contributed by atoms with E-state index in [2.05, 4.69) is 32.4 Å². The third-order valence-electron chi connectivity index (χ3n) is 3.10. The highest BCUT2D eigenvalue weighted by Gasteiger charge is 2.01. The molecule has 0 saturated carbocycles. The lowest BCUT2D eigenvalue weighted by Crippen LogP contribution is -2.02. The maximum absolute atomic E-state index is 5.78. The molecule has 1 N–H and O–H groups in total. The average Bonchev–Trinajstić information content (AvgIpc) is 2.61. The number of rotatable bonds is 6. The Balaban J connectivity index is 1.57. The van der Waals surface area contributed by atoms with E-state index < -0.39 is 0 Å². The van der Waals surface area contributed by atoms with Gasteiger partial charge in [0, 0.05) is 18.5 Å². The maximum atomic E-state index is 5.78. The van der Waals surface area contributed by atoms with E-state index in [0.717, 1.165) is 22.2 Å². The van der Waals surface area contributed by atoms with Crippen LogP contribution >= 0.6 is 23.4 Å². The van der Waals surface area contributed by atoms with Gasteiger partial charge < -0.3 is 5.32 Å². The first-order valence-corrected chi connectivity index (χ1v) is 8.49. The second-order valence-electron chi connectivity index (χ2n) is 4.86. The van der Waals surface area contributed by atoms with Crippen molar-refractivity contribution in [3.8, 4) is 0 Å². The summed E-state index contributed by atoms with van der Waals surface area (Å²) in [4.78, 5) is 12.9. The Morgan fingerprint density at radius 2 is 1.83 bits per heavy atom. The van der Waals surface area contributed by atoms with Crippen molar-refractivity contribution in [1.29, 1.82) is 0 Å². The van der Waals surface area contributed by atoms with Crippen molar-refractivity contribution in [2.24, 2.45) is 0 Å². The van der Waals surface area contributed by atoms with Gasteiger partial charge in [-0.2, -0.15) is 0 Å². The smallest absolute Gasteiger partial charge is 0.146 e. The monoisotopic (exact) mass is 342 g/mol. The molecule has 0 saturated heterocycles. The maximum Gasteiger partial charge on any atom is 0.146 e. The summed E-state index contributed by atoms with van der Waals surface area (Å²) in [6.45, 7) is 0.631. The van der Waals surface area contributed by atoms with Crippen molar-refractivity contribution in [2.75, 3.05) is 5.32 Å². The van der Waals surface area contributed by atoms with E-state index in [9.17, 15) is 0 Å². The number of anilines is 1. The minimum absolute atomic E-state index is 0.493. The summed E-state index contributed by atoms with van der Waals surface area (Å²) in [6.07, 6.45) is 5.25. The fraction of sp³-hybridized carbons (Fsp3) is 0.118. The third kappa shape index (κ3) is 4.94. The van der Waals surface area contributed by atoms with E-state index in [1.54, 1.807) is 36.4 Å². The van der Waals surface area contributed by atoms with Gasteiger partial charge in [-0.05, 0) is 17.2 Å². The first-order valence-electron chi connectivity index (χ1n) is 7.13. The molecule has 4 nitrogen and oxygen atoms in total. The van der Waals surface area contributed by atoms with Crippen LogP contribution in [0.1, 0.15) is 11.1 Å². The number of pyridine rings is 1. The van der Waals surface area contributed by atoms with Crippen LogP contribution in [0.2, 0.25) is 5.15 Å². The number of nitrogens with zero attached hydrogens (tertiary/aromatic N) is 3. The van der Waals surface area contributed by atoms with Crippen LogP contribution in [0.4, 0.5) is 5.82 Å². The van der Waals surface area contributed by atoms with E-state index in [-0.39, 0.29) is 0 Å². The Morgan fingerprint density at radius 3 is 2.61 bits per heavy atom. The normalized spacial score (nSPS) is 10.5. The zero-order chi connectivity index (χ0) is 15.9. The molecule has 1 aromatic carbocycles. The van der Waals surface area contributed by atoms with Crippen LogP contribution in [-0.4, -0.2) is 15.0 Å². The quantitative estimate of drug-likeness (QED) is 0.530. The summed E-state index contributed by atoms with van der Waals surface area (Å²) in [5.41, 5.74) is 2.31. The molecule has 0 aliphatic carbocycles. The third-order valence-corrected chi connectivity index (χ3v) is 4.30. The number of benzene rings is 1. The average molecular weight is 343 g/mol. The molecule has 0 atom stereocenters. The molecule has 6 heteroatoms. The summed E-state index contributed by atoms with van der Waals surface area (Å²) in [6, 6.07) is 14.0. The predicted molar refractivity (Wildman–Crippen MR) is 94.6 cm³/mol. The van der Waals surface area contributed by atoms with Gasteiger partial charge >= 0.3 is 0 Å². The molecule has 3 rings (SSSR count). The Kier molecular flexibility index (Phi) is 5.45. The summed E-state index contributed by atoms with van der Waals surface area (Å²) in [5, 5.41) is 4.64. The molecule has 0 aliphatic rings. The van der Waals surface area contributed by atoms with Gasteiger partial charge in [0.2, 0.25) is 0 Å². The Labute approximate surface area is 144 Å². The van der Waals surface area contributed by atoms with Crippen molar-refractivity contribution >= 4 is 29.2 Å². The first kappa shape index (κ1) is 15.8. The molecule has 116 valence electrons. The minimum atomic E-state index is 0.493. The van der Waals surface area contributed by atoms with Gasteiger partial charge in [0.05, 0.1) is 12.4 Å². The molecule has 23 heavy (non-hydrogen) atoms. The van der Waals surface area contributed by atoms with Gasteiger partial charge in [-0.1, -0.05) is 48.0 Å². The zero-order valence-electron chi connectivity index (χ0n) is 12.3. The second kappa shape index (κ2) is 7.94. The van der Waals surface area contributed by atoms with E-state index in [0.29, 0.717) is 11.7 Å². The van der Waals surface area contributed by atoms with Gasteiger partial charge in [-0.15, -0.1) is 11.8 Å². The van der Waals surface area contributed by atoms with Crippen LogP contribution in [0, 0.1) is 0 Å². The molecule has 0 radical (unpaired) electrons. The Morgan fingerprint density at radius 1 is 0.957 bits per heavy atom. The molecule has 0 unspecified atom stereocenters. The van der Waals surface area contributed by atoms with Crippen LogP contribution in [0.25, 0.3) is 0 Å².